The lowest BCUT2D eigenvalue weighted by Crippen LogP contribution is -2.45. The van der Waals surface area contributed by atoms with Crippen molar-refractivity contribution in [1.29, 1.82) is 10.5 Å². The molecule has 0 bridgehead atoms. The number of hydrogen-bond donors (Lipinski definition) is 1. The fraction of sp³-hybridized carbons (Fsp3) is 0.417. The lowest BCUT2D eigenvalue weighted by atomic mass is 9.93. The molecule has 258 valence electrons. The van der Waals surface area contributed by atoms with E-state index in [0.29, 0.717) is 49.2 Å². The van der Waals surface area contributed by atoms with Crippen LogP contribution < -0.4 is 15.4 Å². The quantitative estimate of drug-likeness (QED) is 0.201. The number of nitriles is 2. The van der Waals surface area contributed by atoms with Crippen molar-refractivity contribution in [2.75, 3.05) is 43.4 Å². The molecule has 0 radical (unpaired) electrons. The summed E-state index contributed by atoms with van der Waals surface area (Å²) in [5.74, 6) is -0.236. The molecule has 10 nitrogen and oxygen atoms in total. The molecule has 2 aromatic carbocycles. The van der Waals surface area contributed by atoms with Crippen LogP contribution in [0.3, 0.4) is 0 Å². The van der Waals surface area contributed by atoms with Crippen LogP contribution >= 0.6 is 22.9 Å². The first-order valence-electron chi connectivity index (χ1n) is 16.6. The Morgan fingerprint density at radius 1 is 1.30 bits per heavy atom. The van der Waals surface area contributed by atoms with Gasteiger partial charge in [0.15, 0.2) is 0 Å². The van der Waals surface area contributed by atoms with Crippen LogP contribution in [0.2, 0.25) is 5.02 Å². The Kier molecular flexibility index (Phi) is 8.79. The maximum atomic E-state index is 15.0. The smallest absolute Gasteiger partial charge is 0.319 e. The minimum absolute atomic E-state index is 0.0191. The van der Waals surface area contributed by atoms with Crippen molar-refractivity contribution >= 4 is 60.7 Å². The number of amides is 1. The van der Waals surface area contributed by atoms with Crippen molar-refractivity contribution < 1.29 is 18.3 Å². The van der Waals surface area contributed by atoms with Crippen molar-refractivity contribution in [2.45, 2.75) is 63.3 Å². The number of nitrogens with two attached hydrogens (primary N) is 1. The molecule has 1 amide bonds. The van der Waals surface area contributed by atoms with Crippen LogP contribution in [0.4, 0.5) is 19.6 Å². The number of rotatable bonds is 8. The number of fused-ring (bicyclic) bond motifs is 3. The van der Waals surface area contributed by atoms with Crippen LogP contribution in [0.15, 0.2) is 30.9 Å². The number of halogens is 3. The predicted molar refractivity (Wildman–Crippen MR) is 191 cm³/mol. The molecular weight excluding hydrogens is 682 g/mol. The van der Waals surface area contributed by atoms with E-state index in [1.54, 1.807) is 11.0 Å². The summed E-state index contributed by atoms with van der Waals surface area (Å²) >= 11 is 8.01. The van der Waals surface area contributed by atoms with Crippen LogP contribution in [0, 0.1) is 28.5 Å². The van der Waals surface area contributed by atoms with Crippen LogP contribution in [0.5, 0.6) is 6.01 Å². The zero-order chi connectivity index (χ0) is 35.5. The molecule has 14 heteroatoms. The molecule has 4 unspecified atom stereocenters. The number of aromatic nitrogens is 2. The van der Waals surface area contributed by atoms with Gasteiger partial charge in [-0.2, -0.15) is 20.5 Å². The highest BCUT2D eigenvalue weighted by Gasteiger charge is 2.49. The molecule has 0 spiro atoms. The van der Waals surface area contributed by atoms with E-state index in [-0.39, 0.29) is 72.9 Å². The molecule has 50 heavy (non-hydrogen) atoms. The molecule has 3 saturated heterocycles. The van der Waals surface area contributed by atoms with E-state index in [4.69, 9.17) is 32.0 Å². The average molecular weight is 717 g/mol. The van der Waals surface area contributed by atoms with Gasteiger partial charge in [0, 0.05) is 48.4 Å². The van der Waals surface area contributed by atoms with E-state index in [0.717, 1.165) is 30.7 Å². The largest absolute Gasteiger partial charge is 0.461 e. The summed E-state index contributed by atoms with van der Waals surface area (Å²) in [7, 11) is 0. The molecule has 3 aliphatic rings. The summed E-state index contributed by atoms with van der Waals surface area (Å²) in [6.45, 7) is 9.98. The maximum absolute atomic E-state index is 15.0. The zero-order valence-electron chi connectivity index (χ0n) is 27.7. The Morgan fingerprint density at radius 2 is 2.08 bits per heavy atom. The Balaban J connectivity index is 1.43. The van der Waals surface area contributed by atoms with E-state index in [2.05, 4.69) is 28.5 Å². The van der Waals surface area contributed by atoms with E-state index in [1.165, 1.54) is 18.2 Å². The molecule has 0 saturated carbocycles. The van der Waals surface area contributed by atoms with Crippen molar-refractivity contribution in [3.8, 4) is 29.3 Å². The van der Waals surface area contributed by atoms with Crippen LogP contribution in [0.1, 0.15) is 50.7 Å². The van der Waals surface area contributed by atoms with Gasteiger partial charge in [0.05, 0.1) is 37.9 Å². The van der Waals surface area contributed by atoms with Crippen molar-refractivity contribution in [3.63, 3.8) is 0 Å². The van der Waals surface area contributed by atoms with Crippen molar-refractivity contribution in [2.24, 2.45) is 0 Å². The number of carbonyl (C=O) groups is 1. The Morgan fingerprint density at radius 3 is 2.80 bits per heavy atom. The Labute approximate surface area is 297 Å². The molecule has 4 aromatic rings. The summed E-state index contributed by atoms with van der Waals surface area (Å²) in [6, 6.07) is 8.49. The highest BCUT2D eigenvalue weighted by molar-refractivity contribution is 7.23. The van der Waals surface area contributed by atoms with Gasteiger partial charge in [0.1, 0.15) is 41.6 Å². The van der Waals surface area contributed by atoms with Crippen LogP contribution in [-0.2, 0) is 4.79 Å². The van der Waals surface area contributed by atoms with E-state index < -0.39 is 17.5 Å². The van der Waals surface area contributed by atoms with Gasteiger partial charge in [-0.3, -0.25) is 9.69 Å². The minimum atomic E-state index is -0.945. The third-order valence-corrected chi connectivity index (χ3v) is 12.0. The van der Waals surface area contributed by atoms with Gasteiger partial charge in [-0.1, -0.05) is 24.2 Å². The van der Waals surface area contributed by atoms with Gasteiger partial charge >= 0.3 is 6.01 Å². The first-order chi connectivity index (χ1) is 24.0. The number of thiophene rings is 1. The van der Waals surface area contributed by atoms with Gasteiger partial charge in [-0.15, -0.1) is 11.3 Å². The number of anilines is 2. The molecule has 0 aliphatic carbocycles. The van der Waals surface area contributed by atoms with Gasteiger partial charge in [-0.05, 0) is 63.4 Å². The number of alkyl halides is 1. The highest BCUT2D eigenvalue weighted by atomic mass is 35.5. The van der Waals surface area contributed by atoms with Crippen molar-refractivity contribution in [1.82, 2.24) is 19.8 Å². The van der Waals surface area contributed by atoms with Crippen LogP contribution in [0.25, 0.3) is 32.1 Å². The van der Waals surface area contributed by atoms with Gasteiger partial charge < -0.3 is 20.3 Å². The second-order valence-electron chi connectivity index (χ2n) is 13.2. The van der Waals surface area contributed by atoms with Gasteiger partial charge in [-0.25, -0.2) is 8.78 Å². The Bertz CT molecular complexity index is 2150. The molecule has 7 rings (SSSR count). The number of likely N-dealkylation sites (N-methyl/N-ethyl adjacent to an activating group) is 1. The Hall–Kier alpha value is -4.56. The third-order valence-electron chi connectivity index (χ3n) is 10.6. The predicted octanol–water partition coefficient (Wildman–Crippen LogP) is 6.59. The summed E-state index contributed by atoms with van der Waals surface area (Å²) in [5.41, 5.74) is 6.75. The number of nitrogen functional groups attached to an aromatic ring is 1. The van der Waals surface area contributed by atoms with E-state index in [1.807, 2.05) is 13.8 Å². The van der Waals surface area contributed by atoms with Crippen LogP contribution in [-0.4, -0.2) is 82.3 Å². The average Bonchev–Trinajstić information content (AvgIpc) is 3.85. The number of likely N-dealkylation sites (tertiary alicyclic amines) is 1. The first kappa shape index (κ1) is 33.9. The number of benzene rings is 2. The summed E-state index contributed by atoms with van der Waals surface area (Å²) in [5, 5.41) is 21.8. The minimum Gasteiger partial charge on any atom is -0.461 e. The third kappa shape index (κ3) is 5.31. The maximum Gasteiger partial charge on any atom is 0.319 e. The number of carbonyl (C=O) groups excluding carboxylic acids is 1. The molecule has 3 fully saturated rings. The summed E-state index contributed by atoms with van der Waals surface area (Å²) in [4.78, 5) is 28.4. The fourth-order valence-electron chi connectivity index (χ4n) is 8.32. The van der Waals surface area contributed by atoms with Gasteiger partial charge in [0.25, 0.3) is 0 Å². The lowest BCUT2D eigenvalue weighted by molar-refractivity contribution is -0.126. The molecule has 5 heterocycles. The monoisotopic (exact) mass is 716 g/mol. The zero-order valence-corrected chi connectivity index (χ0v) is 29.3. The molecule has 3 aliphatic heterocycles. The number of ether oxygens (including phenoxy) is 1. The first-order valence-corrected chi connectivity index (χ1v) is 17.8. The number of hydrogen-bond acceptors (Lipinski definition) is 10. The number of nitrogens with zero attached hydrogens (tertiary/aromatic N) is 7. The second kappa shape index (κ2) is 13.0. The molecular formula is C36H35ClF2N8O2S. The standard InChI is InChI=1S/C36H35ClF2N8O2S/c1-4-28(48)47-12-9-27(19(47)3)46(5-2)34-22-13-25(37)29(21-7-8-26(39)32-30(21)24(16-41)33(42)50-32)23(15-40)31(22)43-35(44-34)49-18-36-10-6-11-45(36)17-20(38)14-36/h4,7-8,13,19-20,27H,1,5-6,9-12,14,17-18,42H2,2-3H3. The molecule has 2 aromatic heterocycles. The highest BCUT2D eigenvalue weighted by Crippen LogP contribution is 2.47. The lowest BCUT2D eigenvalue weighted by Gasteiger charge is -2.34. The second-order valence-corrected chi connectivity index (χ2v) is 14.6. The van der Waals surface area contributed by atoms with Gasteiger partial charge in [0.2, 0.25) is 5.91 Å². The summed E-state index contributed by atoms with van der Waals surface area (Å²) < 4.78 is 36.2. The fourth-order valence-corrected chi connectivity index (χ4v) is 9.57. The van der Waals surface area contributed by atoms with E-state index in [9.17, 15) is 19.7 Å². The van der Waals surface area contributed by atoms with E-state index >= 15 is 4.39 Å². The summed E-state index contributed by atoms with van der Waals surface area (Å²) in [6.07, 6.45) is 3.11. The SMILES string of the molecule is C=CC(=O)N1CCC(N(CC)c2nc(OCC34CCCN3CC(F)C4)nc3c(C#N)c(-c4ccc(F)c5sc(N)c(C#N)c45)c(Cl)cc23)C1C. The topological polar surface area (TPSA) is 135 Å². The normalized spacial score (nSPS) is 23.3. The molecule has 2 N–H and O–H groups in total. The van der Waals surface area contributed by atoms with Crippen molar-refractivity contribution in [3.05, 3.63) is 52.8 Å². The molecule has 4 atom stereocenters.